The molecule has 12 heavy (non-hydrogen) atoms. The van der Waals surface area contributed by atoms with Crippen molar-refractivity contribution in [1.82, 2.24) is 0 Å². The van der Waals surface area contributed by atoms with Crippen LogP contribution in [0.15, 0.2) is 23.9 Å². The number of allylic oxidation sites excluding steroid dienone is 2. The molecule has 70 valence electrons. The number of hydrogen-bond donors (Lipinski definition) is 0. The van der Waals surface area contributed by atoms with Crippen LogP contribution in [0.3, 0.4) is 0 Å². The fraction of sp³-hybridized carbons (Fsp3) is 0.636. The molecule has 0 aromatic heterocycles. The lowest BCUT2D eigenvalue weighted by Crippen LogP contribution is -2.33. The summed E-state index contributed by atoms with van der Waals surface area (Å²) in [5.74, 6) is 0. The van der Waals surface area contributed by atoms with Crippen LogP contribution in [0.2, 0.25) is 0 Å². The van der Waals surface area contributed by atoms with E-state index in [0.29, 0.717) is 0 Å². The van der Waals surface area contributed by atoms with Crippen molar-refractivity contribution in [3.63, 3.8) is 0 Å². The molecule has 0 bridgehead atoms. The summed E-state index contributed by atoms with van der Waals surface area (Å²) in [6, 6.07) is 0. The molecule has 0 aliphatic carbocycles. The van der Waals surface area contributed by atoms with E-state index in [1.165, 1.54) is 5.57 Å². The molecule has 0 rings (SSSR count). The van der Waals surface area contributed by atoms with Gasteiger partial charge in [0.25, 0.3) is 0 Å². The standard InChI is InChI=1S/C11H22N/c1-6-7-8-9-12(4,5)10-11(2)3/h7-8,10H,6,9H2,1-5H3/q+1/b8-7-. The van der Waals surface area contributed by atoms with E-state index in [4.69, 9.17) is 0 Å². The van der Waals surface area contributed by atoms with Crippen molar-refractivity contribution in [2.75, 3.05) is 20.6 Å². The number of nitrogens with zero attached hydrogens (tertiary/aromatic N) is 1. The van der Waals surface area contributed by atoms with Crippen molar-refractivity contribution in [3.05, 3.63) is 23.9 Å². The van der Waals surface area contributed by atoms with E-state index >= 15 is 0 Å². The van der Waals surface area contributed by atoms with Gasteiger partial charge in [0.15, 0.2) is 0 Å². The van der Waals surface area contributed by atoms with Gasteiger partial charge in [-0.2, -0.15) is 0 Å². The zero-order valence-corrected chi connectivity index (χ0v) is 9.09. The summed E-state index contributed by atoms with van der Waals surface area (Å²) in [5, 5.41) is 0. The maximum Gasteiger partial charge on any atom is 0.101 e. The van der Waals surface area contributed by atoms with E-state index in [2.05, 4.69) is 53.2 Å². The highest BCUT2D eigenvalue weighted by molar-refractivity contribution is 4.88. The van der Waals surface area contributed by atoms with E-state index in [0.717, 1.165) is 17.4 Å². The molecule has 0 fully saturated rings. The smallest absolute Gasteiger partial charge is 0.101 e. The van der Waals surface area contributed by atoms with Gasteiger partial charge in [-0.15, -0.1) is 0 Å². The molecule has 0 N–H and O–H groups in total. The molecule has 0 atom stereocenters. The Balaban J connectivity index is 4.04. The van der Waals surface area contributed by atoms with Crippen LogP contribution in [-0.4, -0.2) is 25.1 Å². The van der Waals surface area contributed by atoms with E-state index < -0.39 is 0 Å². The fourth-order valence-electron chi connectivity index (χ4n) is 1.26. The third-order valence-corrected chi connectivity index (χ3v) is 1.59. The molecule has 0 saturated heterocycles. The molecule has 0 aromatic rings. The minimum absolute atomic E-state index is 0.943. The van der Waals surface area contributed by atoms with Crippen molar-refractivity contribution in [2.45, 2.75) is 27.2 Å². The Labute approximate surface area is 77.0 Å². The second kappa shape index (κ2) is 5.15. The molecule has 0 spiro atoms. The van der Waals surface area contributed by atoms with Crippen LogP contribution in [-0.2, 0) is 0 Å². The Kier molecular flexibility index (Phi) is 4.91. The average molecular weight is 168 g/mol. The predicted molar refractivity (Wildman–Crippen MR) is 55.8 cm³/mol. The first-order valence-electron chi connectivity index (χ1n) is 4.61. The van der Waals surface area contributed by atoms with Crippen molar-refractivity contribution < 1.29 is 4.48 Å². The summed E-state index contributed by atoms with van der Waals surface area (Å²) in [4.78, 5) is 0. The number of rotatable bonds is 4. The first-order chi connectivity index (χ1) is 5.48. The Bertz CT molecular complexity index is 171. The molecular formula is C11H22N+. The normalized spacial score (nSPS) is 12.1. The zero-order chi connectivity index (χ0) is 9.61. The van der Waals surface area contributed by atoms with Crippen LogP contribution >= 0.6 is 0 Å². The lowest BCUT2D eigenvalue weighted by molar-refractivity contribution is -0.833. The van der Waals surface area contributed by atoms with E-state index in [1.807, 2.05) is 0 Å². The van der Waals surface area contributed by atoms with Crippen LogP contribution < -0.4 is 0 Å². The summed E-state index contributed by atoms with van der Waals surface area (Å²) in [7, 11) is 4.43. The molecule has 0 aliphatic rings. The first kappa shape index (κ1) is 11.4. The number of likely N-dealkylation sites (N-methyl/N-ethyl adjacent to an activating group) is 1. The highest BCUT2D eigenvalue weighted by atomic mass is 15.3. The van der Waals surface area contributed by atoms with Gasteiger partial charge in [-0.1, -0.05) is 13.0 Å². The lowest BCUT2D eigenvalue weighted by Gasteiger charge is -2.23. The molecule has 0 amide bonds. The fourth-order valence-corrected chi connectivity index (χ4v) is 1.26. The van der Waals surface area contributed by atoms with Gasteiger partial charge in [0, 0.05) is 0 Å². The van der Waals surface area contributed by atoms with Crippen LogP contribution in [0, 0.1) is 0 Å². The predicted octanol–water partition coefficient (Wildman–Crippen LogP) is 2.95. The molecule has 0 radical (unpaired) electrons. The zero-order valence-electron chi connectivity index (χ0n) is 9.09. The summed E-state index contributed by atoms with van der Waals surface area (Å²) in [6.45, 7) is 7.53. The number of hydrogen-bond acceptors (Lipinski definition) is 0. The summed E-state index contributed by atoms with van der Waals surface area (Å²) in [6.07, 6.45) is 7.88. The SMILES string of the molecule is CC/C=C\C[N+](C)(C)C=C(C)C. The Morgan fingerprint density at radius 3 is 2.17 bits per heavy atom. The topological polar surface area (TPSA) is 0 Å². The minimum atomic E-state index is 0.943. The van der Waals surface area contributed by atoms with E-state index in [1.54, 1.807) is 0 Å². The molecule has 1 nitrogen and oxygen atoms in total. The van der Waals surface area contributed by atoms with Gasteiger partial charge >= 0.3 is 0 Å². The Morgan fingerprint density at radius 1 is 1.17 bits per heavy atom. The Morgan fingerprint density at radius 2 is 1.75 bits per heavy atom. The van der Waals surface area contributed by atoms with Gasteiger partial charge in [0.1, 0.15) is 6.54 Å². The monoisotopic (exact) mass is 168 g/mol. The maximum absolute atomic E-state index is 2.28. The van der Waals surface area contributed by atoms with Gasteiger partial charge in [0.2, 0.25) is 0 Å². The lowest BCUT2D eigenvalue weighted by atomic mass is 10.3. The molecule has 0 saturated carbocycles. The highest BCUT2D eigenvalue weighted by Gasteiger charge is 2.07. The second-order valence-electron chi connectivity index (χ2n) is 4.05. The van der Waals surface area contributed by atoms with E-state index in [9.17, 15) is 0 Å². The van der Waals surface area contributed by atoms with Gasteiger partial charge < -0.3 is 0 Å². The largest absolute Gasteiger partial charge is 0.299 e. The number of quaternary nitrogens is 1. The van der Waals surface area contributed by atoms with Crippen molar-refractivity contribution in [3.8, 4) is 0 Å². The van der Waals surface area contributed by atoms with E-state index in [-0.39, 0.29) is 0 Å². The van der Waals surface area contributed by atoms with Crippen LogP contribution in [0.1, 0.15) is 27.2 Å². The molecule has 0 heterocycles. The summed E-state index contributed by atoms with van der Waals surface area (Å²) < 4.78 is 0.943. The quantitative estimate of drug-likeness (QED) is 0.447. The van der Waals surface area contributed by atoms with Crippen molar-refractivity contribution in [2.24, 2.45) is 0 Å². The van der Waals surface area contributed by atoms with Gasteiger partial charge in [-0.05, 0) is 31.9 Å². The first-order valence-corrected chi connectivity index (χ1v) is 4.61. The van der Waals surface area contributed by atoms with Crippen LogP contribution in [0.4, 0.5) is 0 Å². The van der Waals surface area contributed by atoms with Gasteiger partial charge in [0.05, 0.1) is 20.3 Å². The third kappa shape index (κ3) is 6.17. The third-order valence-electron chi connectivity index (χ3n) is 1.59. The van der Waals surface area contributed by atoms with Crippen molar-refractivity contribution in [1.29, 1.82) is 0 Å². The van der Waals surface area contributed by atoms with Crippen LogP contribution in [0.5, 0.6) is 0 Å². The molecule has 0 aromatic carbocycles. The minimum Gasteiger partial charge on any atom is -0.299 e. The highest BCUT2D eigenvalue weighted by Crippen LogP contribution is 2.03. The molecule has 1 heteroatoms. The molecule has 0 aliphatic heterocycles. The Hall–Kier alpha value is -0.560. The van der Waals surface area contributed by atoms with Gasteiger partial charge in [-0.25, -0.2) is 0 Å². The molecule has 0 unspecified atom stereocenters. The average Bonchev–Trinajstić information content (AvgIpc) is 1.84. The summed E-state index contributed by atoms with van der Waals surface area (Å²) >= 11 is 0. The van der Waals surface area contributed by atoms with Gasteiger partial charge in [-0.3, -0.25) is 4.48 Å². The molecular weight excluding hydrogens is 146 g/mol. The summed E-state index contributed by atoms with van der Waals surface area (Å²) in [5.41, 5.74) is 1.38. The maximum atomic E-state index is 2.28. The van der Waals surface area contributed by atoms with Crippen molar-refractivity contribution >= 4 is 0 Å². The van der Waals surface area contributed by atoms with Crippen LogP contribution in [0.25, 0.3) is 0 Å². The second-order valence-corrected chi connectivity index (χ2v) is 4.05.